The quantitative estimate of drug-likeness (QED) is 0.728. The van der Waals surface area contributed by atoms with E-state index in [0.29, 0.717) is 19.3 Å². The van der Waals surface area contributed by atoms with E-state index >= 15 is 0 Å². The zero-order valence-corrected chi connectivity index (χ0v) is 10.7. The van der Waals surface area contributed by atoms with Gasteiger partial charge >= 0.3 is 11.9 Å². The molecular weight excluding hydrogens is 232 g/mol. The van der Waals surface area contributed by atoms with Gasteiger partial charge in [0.1, 0.15) is 6.10 Å². The van der Waals surface area contributed by atoms with Crippen LogP contribution in [0.1, 0.15) is 37.9 Å². The third-order valence-electron chi connectivity index (χ3n) is 2.55. The third kappa shape index (κ3) is 4.99. The van der Waals surface area contributed by atoms with Crippen molar-refractivity contribution >= 4 is 11.9 Å². The lowest BCUT2D eigenvalue weighted by Crippen LogP contribution is -2.09. The molecule has 1 atom stereocenters. The Morgan fingerprint density at radius 3 is 2.44 bits per heavy atom. The van der Waals surface area contributed by atoms with Gasteiger partial charge in [0.2, 0.25) is 0 Å². The minimum absolute atomic E-state index is 0.246. The second-order valence-electron chi connectivity index (χ2n) is 3.98. The fourth-order valence-corrected chi connectivity index (χ4v) is 1.70. The van der Waals surface area contributed by atoms with Crippen molar-refractivity contribution in [3.05, 3.63) is 35.9 Å². The lowest BCUT2D eigenvalue weighted by atomic mass is 10.0. The summed E-state index contributed by atoms with van der Waals surface area (Å²) in [5.41, 5.74) is 0.942. The first-order valence-electron chi connectivity index (χ1n) is 5.92. The van der Waals surface area contributed by atoms with E-state index in [-0.39, 0.29) is 18.0 Å². The Bertz CT molecular complexity index is 386. The lowest BCUT2D eigenvalue weighted by Gasteiger charge is -2.17. The van der Waals surface area contributed by atoms with Crippen molar-refractivity contribution in [2.45, 2.75) is 32.3 Å². The summed E-state index contributed by atoms with van der Waals surface area (Å²) in [4.78, 5) is 22.1. The molecule has 0 aliphatic carbocycles. The second-order valence-corrected chi connectivity index (χ2v) is 3.98. The Morgan fingerprint density at radius 1 is 1.22 bits per heavy atom. The fraction of sp³-hybridized carbons (Fsp3) is 0.429. The molecule has 0 aliphatic heterocycles. The van der Waals surface area contributed by atoms with Crippen LogP contribution in [0.5, 0.6) is 0 Å². The van der Waals surface area contributed by atoms with Gasteiger partial charge < -0.3 is 9.47 Å². The molecule has 0 radical (unpaired) electrons. The molecule has 0 fully saturated rings. The smallest absolute Gasteiger partial charge is 0.305 e. The maximum absolute atomic E-state index is 11.1. The Kier molecular flexibility index (Phi) is 5.91. The van der Waals surface area contributed by atoms with Crippen molar-refractivity contribution in [1.82, 2.24) is 0 Å². The van der Waals surface area contributed by atoms with Gasteiger partial charge in [-0.25, -0.2) is 0 Å². The van der Waals surface area contributed by atoms with Crippen molar-refractivity contribution in [2.24, 2.45) is 0 Å². The van der Waals surface area contributed by atoms with E-state index in [1.807, 2.05) is 30.3 Å². The largest absolute Gasteiger partial charge is 0.469 e. The summed E-state index contributed by atoms with van der Waals surface area (Å²) in [6.45, 7) is 1.39. The minimum Gasteiger partial charge on any atom is -0.469 e. The molecule has 4 nitrogen and oxygen atoms in total. The molecule has 0 aromatic heterocycles. The standard InChI is InChI=1S/C14H18O4/c1-11(15)18-13(9-6-10-14(16)17-2)12-7-4-3-5-8-12/h3-5,7-8,13H,6,9-10H2,1-2H3. The Balaban J connectivity index is 2.57. The molecule has 1 aromatic carbocycles. The van der Waals surface area contributed by atoms with Gasteiger partial charge in [0, 0.05) is 13.3 Å². The molecule has 98 valence electrons. The van der Waals surface area contributed by atoms with Crippen molar-refractivity contribution in [3.63, 3.8) is 0 Å². The molecule has 1 rings (SSSR count). The number of carbonyl (C=O) groups is 2. The van der Waals surface area contributed by atoms with Gasteiger partial charge in [-0.2, -0.15) is 0 Å². The zero-order chi connectivity index (χ0) is 13.4. The summed E-state index contributed by atoms with van der Waals surface area (Å²) >= 11 is 0. The van der Waals surface area contributed by atoms with E-state index in [4.69, 9.17) is 4.74 Å². The summed E-state index contributed by atoms with van der Waals surface area (Å²) in [6, 6.07) is 9.51. The normalized spacial score (nSPS) is 11.7. The summed E-state index contributed by atoms with van der Waals surface area (Å²) in [5, 5.41) is 0. The summed E-state index contributed by atoms with van der Waals surface area (Å²) < 4.78 is 9.83. The van der Waals surface area contributed by atoms with E-state index in [1.165, 1.54) is 14.0 Å². The van der Waals surface area contributed by atoms with Crippen LogP contribution in [0, 0.1) is 0 Å². The highest BCUT2D eigenvalue weighted by atomic mass is 16.5. The lowest BCUT2D eigenvalue weighted by molar-refractivity contribution is -0.147. The van der Waals surface area contributed by atoms with E-state index in [1.54, 1.807) is 0 Å². The van der Waals surface area contributed by atoms with Crippen LogP contribution in [0.2, 0.25) is 0 Å². The topological polar surface area (TPSA) is 52.6 Å². The first kappa shape index (κ1) is 14.2. The Hall–Kier alpha value is -1.84. The molecule has 0 saturated heterocycles. The SMILES string of the molecule is COC(=O)CCCC(OC(C)=O)c1ccccc1. The predicted octanol–water partition coefficient (Wildman–Crippen LogP) is 2.63. The second kappa shape index (κ2) is 7.48. The van der Waals surface area contributed by atoms with E-state index in [9.17, 15) is 9.59 Å². The van der Waals surface area contributed by atoms with Crippen LogP contribution >= 0.6 is 0 Å². The molecule has 1 unspecified atom stereocenters. The van der Waals surface area contributed by atoms with Gasteiger partial charge in [-0.3, -0.25) is 9.59 Å². The van der Waals surface area contributed by atoms with Gasteiger partial charge in [-0.15, -0.1) is 0 Å². The van der Waals surface area contributed by atoms with Crippen molar-refractivity contribution in [1.29, 1.82) is 0 Å². The summed E-state index contributed by atoms with van der Waals surface area (Å²) in [7, 11) is 1.36. The summed E-state index contributed by atoms with van der Waals surface area (Å²) in [5.74, 6) is -0.563. The highest BCUT2D eigenvalue weighted by Gasteiger charge is 2.15. The molecule has 0 bridgehead atoms. The number of hydrogen-bond donors (Lipinski definition) is 0. The van der Waals surface area contributed by atoms with Crippen molar-refractivity contribution in [3.8, 4) is 0 Å². The van der Waals surface area contributed by atoms with E-state index in [0.717, 1.165) is 5.56 Å². The minimum atomic E-state index is -0.318. The number of carbonyl (C=O) groups excluding carboxylic acids is 2. The average molecular weight is 250 g/mol. The molecule has 0 spiro atoms. The molecule has 18 heavy (non-hydrogen) atoms. The van der Waals surface area contributed by atoms with E-state index < -0.39 is 0 Å². The molecule has 4 heteroatoms. The first-order valence-corrected chi connectivity index (χ1v) is 5.92. The molecule has 0 N–H and O–H groups in total. The van der Waals surface area contributed by atoms with Gasteiger partial charge in [-0.05, 0) is 18.4 Å². The molecule has 0 amide bonds. The number of benzene rings is 1. The molecule has 0 aliphatic rings. The maximum Gasteiger partial charge on any atom is 0.305 e. The van der Waals surface area contributed by atoms with Gasteiger partial charge in [0.25, 0.3) is 0 Å². The van der Waals surface area contributed by atoms with Crippen LogP contribution < -0.4 is 0 Å². The Morgan fingerprint density at radius 2 is 1.89 bits per heavy atom. The molecular formula is C14H18O4. The first-order chi connectivity index (χ1) is 8.63. The van der Waals surface area contributed by atoms with Crippen LogP contribution in [-0.4, -0.2) is 19.0 Å². The average Bonchev–Trinajstić information content (AvgIpc) is 2.38. The highest BCUT2D eigenvalue weighted by Crippen LogP contribution is 2.23. The van der Waals surface area contributed by atoms with E-state index in [2.05, 4.69) is 4.74 Å². The third-order valence-corrected chi connectivity index (χ3v) is 2.55. The van der Waals surface area contributed by atoms with Gasteiger partial charge in [-0.1, -0.05) is 30.3 Å². The van der Waals surface area contributed by atoms with Gasteiger partial charge in [0.15, 0.2) is 0 Å². The number of hydrogen-bond acceptors (Lipinski definition) is 4. The number of esters is 2. The zero-order valence-electron chi connectivity index (χ0n) is 10.7. The van der Waals surface area contributed by atoms with Crippen LogP contribution in [0.4, 0.5) is 0 Å². The summed E-state index contributed by atoms with van der Waals surface area (Å²) in [6.07, 6.45) is 1.27. The van der Waals surface area contributed by atoms with Crippen LogP contribution in [-0.2, 0) is 19.1 Å². The van der Waals surface area contributed by atoms with Gasteiger partial charge in [0.05, 0.1) is 7.11 Å². The molecule has 0 heterocycles. The predicted molar refractivity (Wildman–Crippen MR) is 66.8 cm³/mol. The maximum atomic E-state index is 11.1. The monoisotopic (exact) mass is 250 g/mol. The van der Waals surface area contributed by atoms with Crippen molar-refractivity contribution in [2.75, 3.05) is 7.11 Å². The number of methoxy groups -OCH3 is 1. The molecule has 1 aromatic rings. The van der Waals surface area contributed by atoms with Crippen molar-refractivity contribution < 1.29 is 19.1 Å². The Labute approximate surface area is 107 Å². The molecule has 0 saturated carbocycles. The number of ether oxygens (including phenoxy) is 2. The van der Waals surface area contributed by atoms with Crippen LogP contribution in [0.15, 0.2) is 30.3 Å². The fourth-order valence-electron chi connectivity index (χ4n) is 1.70. The van der Waals surface area contributed by atoms with Crippen LogP contribution in [0.25, 0.3) is 0 Å². The van der Waals surface area contributed by atoms with Crippen LogP contribution in [0.3, 0.4) is 0 Å². The highest BCUT2D eigenvalue weighted by molar-refractivity contribution is 5.69. The number of rotatable bonds is 6.